The van der Waals surface area contributed by atoms with Gasteiger partial charge in [0.15, 0.2) is 0 Å². The molecule has 0 aromatic heterocycles. The van der Waals surface area contributed by atoms with Crippen LogP contribution in [0.5, 0.6) is 0 Å². The quantitative estimate of drug-likeness (QED) is 0.671. The second-order valence-electron chi connectivity index (χ2n) is 5.17. The highest BCUT2D eigenvalue weighted by Gasteiger charge is 2.53. The number of aliphatic carboxylic acids is 1. The van der Waals surface area contributed by atoms with Crippen LogP contribution in [0.4, 0.5) is 0 Å². The SMILES string of the molecule is O=C(O)C1C[C@H]2[C@@H]3CC[C@@H](C3)[C@@H]2C1. The van der Waals surface area contributed by atoms with Gasteiger partial charge in [-0.05, 0) is 55.8 Å². The van der Waals surface area contributed by atoms with Crippen molar-refractivity contribution in [1.82, 2.24) is 0 Å². The molecule has 3 rings (SSSR count). The van der Waals surface area contributed by atoms with E-state index in [2.05, 4.69) is 0 Å². The second kappa shape index (κ2) is 2.49. The maximum atomic E-state index is 10.9. The number of carboxylic acids is 1. The lowest BCUT2D eigenvalue weighted by molar-refractivity contribution is -0.141. The van der Waals surface area contributed by atoms with Crippen LogP contribution in [0.25, 0.3) is 0 Å². The van der Waals surface area contributed by atoms with E-state index in [1.165, 1.54) is 19.3 Å². The highest BCUT2D eigenvalue weighted by Crippen LogP contribution is 2.59. The molecule has 13 heavy (non-hydrogen) atoms. The van der Waals surface area contributed by atoms with E-state index in [1.807, 2.05) is 0 Å². The first kappa shape index (κ1) is 7.84. The molecule has 3 fully saturated rings. The molecule has 1 unspecified atom stereocenters. The normalized spacial score (nSPS) is 52.5. The molecule has 72 valence electrons. The highest BCUT2D eigenvalue weighted by molar-refractivity contribution is 5.70. The van der Waals surface area contributed by atoms with E-state index in [-0.39, 0.29) is 5.92 Å². The second-order valence-corrected chi connectivity index (χ2v) is 5.17. The van der Waals surface area contributed by atoms with E-state index in [4.69, 9.17) is 5.11 Å². The summed E-state index contributed by atoms with van der Waals surface area (Å²) in [6, 6.07) is 0. The maximum absolute atomic E-state index is 10.9. The van der Waals surface area contributed by atoms with Gasteiger partial charge >= 0.3 is 5.97 Å². The molecule has 5 atom stereocenters. The summed E-state index contributed by atoms with van der Waals surface area (Å²) in [4.78, 5) is 10.9. The summed E-state index contributed by atoms with van der Waals surface area (Å²) in [7, 11) is 0. The molecule has 0 radical (unpaired) electrons. The van der Waals surface area contributed by atoms with Crippen molar-refractivity contribution >= 4 is 5.97 Å². The fourth-order valence-corrected chi connectivity index (χ4v) is 4.22. The lowest BCUT2D eigenvalue weighted by Gasteiger charge is -2.23. The van der Waals surface area contributed by atoms with E-state index >= 15 is 0 Å². The Kier molecular flexibility index (Phi) is 1.50. The molecule has 0 aromatic rings. The Labute approximate surface area is 78.3 Å². The van der Waals surface area contributed by atoms with Crippen molar-refractivity contribution in [1.29, 1.82) is 0 Å². The molecule has 0 aliphatic heterocycles. The number of hydrogen-bond acceptors (Lipinski definition) is 1. The lowest BCUT2D eigenvalue weighted by atomic mass is 9.82. The first-order valence-corrected chi connectivity index (χ1v) is 5.48. The van der Waals surface area contributed by atoms with Crippen LogP contribution < -0.4 is 0 Å². The molecule has 0 aromatic carbocycles. The number of carbonyl (C=O) groups is 1. The Morgan fingerprint density at radius 2 is 1.54 bits per heavy atom. The van der Waals surface area contributed by atoms with Gasteiger partial charge in [-0.25, -0.2) is 0 Å². The summed E-state index contributed by atoms with van der Waals surface area (Å²) in [5, 5.41) is 8.96. The zero-order chi connectivity index (χ0) is 9.00. The molecule has 1 N–H and O–H groups in total. The summed E-state index contributed by atoms with van der Waals surface area (Å²) in [6.45, 7) is 0. The van der Waals surface area contributed by atoms with Crippen LogP contribution in [0.3, 0.4) is 0 Å². The van der Waals surface area contributed by atoms with Gasteiger partial charge < -0.3 is 5.11 Å². The van der Waals surface area contributed by atoms with Crippen molar-refractivity contribution in [3.63, 3.8) is 0 Å². The summed E-state index contributed by atoms with van der Waals surface area (Å²) in [5.41, 5.74) is 0. The van der Waals surface area contributed by atoms with Gasteiger partial charge in [0.05, 0.1) is 5.92 Å². The Hall–Kier alpha value is -0.530. The molecule has 2 nitrogen and oxygen atoms in total. The van der Waals surface area contributed by atoms with Crippen LogP contribution in [0, 0.1) is 29.6 Å². The Bertz CT molecular complexity index is 230. The number of rotatable bonds is 1. The molecule has 0 heterocycles. The van der Waals surface area contributed by atoms with Crippen molar-refractivity contribution in [3.8, 4) is 0 Å². The Morgan fingerprint density at radius 1 is 1.00 bits per heavy atom. The minimum atomic E-state index is -0.547. The summed E-state index contributed by atoms with van der Waals surface area (Å²) < 4.78 is 0. The van der Waals surface area contributed by atoms with Gasteiger partial charge in [0.1, 0.15) is 0 Å². The first-order valence-electron chi connectivity index (χ1n) is 5.48. The smallest absolute Gasteiger partial charge is 0.306 e. The molecule has 0 saturated heterocycles. The average molecular weight is 180 g/mol. The van der Waals surface area contributed by atoms with Crippen LogP contribution >= 0.6 is 0 Å². The minimum absolute atomic E-state index is 0.00148. The van der Waals surface area contributed by atoms with Gasteiger partial charge in [-0.15, -0.1) is 0 Å². The van der Waals surface area contributed by atoms with E-state index in [1.54, 1.807) is 0 Å². The lowest BCUT2D eigenvalue weighted by Crippen LogP contribution is -2.15. The number of fused-ring (bicyclic) bond motifs is 5. The molecule has 2 heteroatoms. The van der Waals surface area contributed by atoms with E-state index in [0.29, 0.717) is 0 Å². The third kappa shape index (κ3) is 0.976. The third-order valence-electron chi connectivity index (χ3n) is 4.74. The van der Waals surface area contributed by atoms with Crippen molar-refractivity contribution < 1.29 is 9.90 Å². The monoisotopic (exact) mass is 180 g/mol. The summed E-state index contributed by atoms with van der Waals surface area (Å²) in [6.07, 6.45) is 6.17. The van der Waals surface area contributed by atoms with Crippen molar-refractivity contribution in [2.45, 2.75) is 32.1 Å². The van der Waals surface area contributed by atoms with Gasteiger partial charge in [0, 0.05) is 0 Å². The fourth-order valence-electron chi connectivity index (χ4n) is 4.22. The Balaban J connectivity index is 1.79. The fraction of sp³-hybridized carbons (Fsp3) is 0.909. The van der Waals surface area contributed by atoms with Crippen LogP contribution in [-0.2, 0) is 4.79 Å². The number of carboxylic acid groups (broad SMARTS) is 1. The minimum Gasteiger partial charge on any atom is -0.481 e. The number of hydrogen-bond donors (Lipinski definition) is 1. The predicted octanol–water partition coefficient (Wildman–Crippen LogP) is 2.14. The maximum Gasteiger partial charge on any atom is 0.306 e. The van der Waals surface area contributed by atoms with Gasteiger partial charge in [0.25, 0.3) is 0 Å². The predicted molar refractivity (Wildman–Crippen MR) is 48.2 cm³/mol. The topological polar surface area (TPSA) is 37.3 Å². The van der Waals surface area contributed by atoms with Crippen molar-refractivity contribution in [2.75, 3.05) is 0 Å². The molecule has 0 spiro atoms. The van der Waals surface area contributed by atoms with Crippen LogP contribution in [0.1, 0.15) is 32.1 Å². The first-order chi connectivity index (χ1) is 6.25. The molecule has 2 bridgehead atoms. The molecular weight excluding hydrogens is 164 g/mol. The Morgan fingerprint density at radius 3 is 2.00 bits per heavy atom. The summed E-state index contributed by atoms with van der Waals surface area (Å²) >= 11 is 0. The van der Waals surface area contributed by atoms with Crippen LogP contribution in [0.2, 0.25) is 0 Å². The third-order valence-corrected chi connectivity index (χ3v) is 4.74. The van der Waals surface area contributed by atoms with E-state index in [9.17, 15) is 4.79 Å². The van der Waals surface area contributed by atoms with E-state index < -0.39 is 5.97 Å². The van der Waals surface area contributed by atoms with Crippen LogP contribution in [-0.4, -0.2) is 11.1 Å². The van der Waals surface area contributed by atoms with Gasteiger partial charge in [-0.1, -0.05) is 0 Å². The molecule has 3 aliphatic carbocycles. The zero-order valence-electron chi connectivity index (χ0n) is 7.78. The van der Waals surface area contributed by atoms with Gasteiger partial charge in [-0.3, -0.25) is 4.79 Å². The molecule has 3 saturated carbocycles. The molecular formula is C11H16O2. The van der Waals surface area contributed by atoms with Crippen molar-refractivity contribution in [2.24, 2.45) is 29.6 Å². The standard InChI is InChI=1S/C11H16O2/c12-11(13)8-4-9-6-1-2-7(3-6)10(9)5-8/h6-10H,1-5H2,(H,12,13)/t6-,7+,8?,9-,10-/m0/s1. The summed E-state index contributed by atoms with van der Waals surface area (Å²) in [5.74, 6) is 2.84. The zero-order valence-corrected chi connectivity index (χ0v) is 7.78. The van der Waals surface area contributed by atoms with Gasteiger partial charge in [0.2, 0.25) is 0 Å². The average Bonchev–Trinajstić information content (AvgIpc) is 2.76. The largest absolute Gasteiger partial charge is 0.481 e. The molecule has 3 aliphatic rings. The highest BCUT2D eigenvalue weighted by atomic mass is 16.4. The molecule has 0 amide bonds. The van der Waals surface area contributed by atoms with Crippen molar-refractivity contribution in [3.05, 3.63) is 0 Å². The van der Waals surface area contributed by atoms with E-state index in [0.717, 1.165) is 36.5 Å². The van der Waals surface area contributed by atoms with Crippen LogP contribution in [0.15, 0.2) is 0 Å². The van der Waals surface area contributed by atoms with Gasteiger partial charge in [-0.2, -0.15) is 0 Å².